The maximum absolute atomic E-state index is 5.52. The van der Waals surface area contributed by atoms with Crippen molar-refractivity contribution in [1.29, 1.82) is 0 Å². The Morgan fingerprint density at radius 2 is 1.62 bits per heavy atom. The second kappa shape index (κ2) is 7.36. The molecule has 1 fully saturated rings. The molecular formula is C17H28N2O2. The summed E-state index contributed by atoms with van der Waals surface area (Å²) in [6, 6.07) is 7.09. The minimum Gasteiger partial charge on any atom is -0.377 e. The molecular weight excluding hydrogens is 264 g/mol. The Balaban J connectivity index is 2.06. The summed E-state index contributed by atoms with van der Waals surface area (Å²) in [5.74, 6) is 0. The van der Waals surface area contributed by atoms with Gasteiger partial charge in [-0.25, -0.2) is 0 Å². The van der Waals surface area contributed by atoms with Crippen LogP contribution < -0.4 is 5.32 Å². The van der Waals surface area contributed by atoms with Gasteiger partial charge in [0.05, 0.1) is 12.2 Å². The first-order valence-electron chi connectivity index (χ1n) is 7.60. The molecule has 4 nitrogen and oxygen atoms in total. The maximum Gasteiger partial charge on any atom is 0.0971 e. The summed E-state index contributed by atoms with van der Waals surface area (Å²) in [7, 11) is 5.55. The predicted molar refractivity (Wildman–Crippen MR) is 85.8 cm³/mol. The van der Waals surface area contributed by atoms with Gasteiger partial charge in [0.15, 0.2) is 0 Å². The quantitative estimate of drug-likeness (QED) is 0.868. The fraction of sp³-hybridized carbons (Fsp3) is 0.647. The van der Waals surface area contributed by atoms with Crippen LogP contribution in [0.15, 0.2) is 18.2 Å². The van der Waals surface area contributed by atoms with Crippen LogP contribution in [-0.2, 0) is 9.47 Å². The molecule has 4 heteroatoms. The molecule has 21 heavy (non-hydrogen) atoms. The molecule has 0 bridgehead atoms. The number of methoxy groups -OCH3 is 2. The van der Waals surface area contributed by atoms with E-state index in [4.69, 9.17) is 9.47 Å². The first-order valence-corrected chi connectivity index (χ1v) is 7.60. The van der Waals surface area contributed by atoms with Crippen molar-refractivity contribution in [2.45, 2.75) is 32.1 Å². The van der Waals surface area contributed by atoms with Crippen molar-refractivity contribution in [2.75, 3.05) is 40.9 Å². The Hall–Kier alpha value is -0.940. The van der Waals surface area contributed by atoms with E-state index in [1.165, 1.54) is 16.7 Å². The number of nitrogens with one attached hydrogen (secondary N) is 1. The van der Waals surface area contributed by atoms with E-state index < -0.39 is 0 Å². The summed E-state index contributed by atoms with van der Waals surface area (Å²) in [4.78, 5) is 2.42. The number of nitrogens with zero attached hydrogens (tertiary/aromatic N) is 1. The van der Waals surface area contributed by atoms with Crippen molar-refractivity contribution in [1.82, 2.24) is 10.2 Å². The van der Waals surface area contributed by atoms with Gasteiger partial charge in [0.1, 0.15) is 0 Å². The van der Waals surface area contributed by atoms with Gasteiger partial charge in [0.25, 0.3) is 0 Å². The molecule has 0 aliphatic carbocycles. The van der Waals surface area contributed by atoms with Crippen LogP contribution >= 0.6 is 0 Å². The maximum atomic E-state index is 5.52. The average molecular weight is 292 g/mol. The van der Waals surface area contributed by atoms with Crippen LogP contribution in [-0.4, -0.2) is 58.0 Å². The normalized spacial score (nSPS) is 24.4. The Morgan fingerprint density at radius 1 is 1.10 bits per heavy atom. The molecule has 0 saturated carbocycles. The zero-order chi connectivity index (χ0) is 15.4. The fourth-order valence-corrected chi connectivity index (χ4v) is 3.25. The molecule has 118 valence electrons. The zero-order valence-corrected chi connectivity index (χ0v) is 13.8. The molecule has 0 spiro atoms. The zero-order valence-electron chi connectivity index (χ0n) is 13.8. The number of likely N-dealkylation sites (N-methyl/N-ethyl adjacent to an activating group) is 1. The summed E-state index contributed by atoms with van der Waals surface area (Å²) in [6.07, 6.45) is 0.346. The van der Waals surface area contributed by atoms with Crippen molar-refractivity contribution in [3.63, 3.8) is 0 Å². The molecule has 0 amide bonds. The molecule has 2 rings (SSSR count). The van der Waals surface area contributed by atoms with E-state index in [1.54, 1.807) is 14.2 Å². The van der Waals surface area contributed by atoms with Crippen LogP contribution in [0.5, 0.6) is 0 Å². The molecule has 1 aliphatic heterocycles. The number of hydrogen-bond donors (Lipinski definition) is 1. The number of benzene rings is 1. The van der Waals surface area contributed by atoms with Crippen LogP contribution in [0.4, 0.5) is 0 Å². The summed E-state index contributed by atoms with van der Waals surface area (Å²) >= 11 is 0. The van der Waals surface area contributed by atoms with E-state index in [-0.39, 0.29) is 12.2 Å². The van der Waals surface area contributed by atoms with Gasteiger partial charge in [-0.3, -0.25) is 4.90 Å². The number of rotatable bonds is 6. The van der Waals surface area contributed by atoms with Crippen molar-refractivity contribution >= 4 is 0 Å². The minimum atomic E-state index is 0.173. The number of aryl methyl sites for hydroxylation is 2. The number of ether oxygens (including phenoxy) is 2. The molecule has 1 aromatic carbocycles. The highest BCUT2D eigenvalue weighted by Crippen LogP contribution is 2.22. The van der Waals surface area contributed by atoms with Crippen molar-refractivity contribution < 1.29 is 9.47 Å². The smallest absolute Gasteiger partial charge is 0.0971 e. The van der Waals surface area contributed by atoms with E-state index in [9.17, 15) is 0 Å². The topological polar surface area (TPSA) is 33.7 Å². The average Bonchev–Trinajstić information content (AvgIpc) is 2.85. The predicted octanol–water partition coefficient (Wildman–Crippen LogP) is 1.91. The lowest BCUT2D eigenvalue weighted by molar-refractivity contribution is -0.00461. The second-order valence-corrected chi connectivity index (χ2v) is 6.03. The highest BCUT2D eigenvalue weighted by molar-refractivity contribution is 5.31. The largest absolute Gasteiger partial charge is 0.377 e. The van der Waals surface area contributed by atoms with Crippen LogP contribution in [0.25, 0.3) is 0 Å². The second-order valence-electron chi connectivity index (χ2n) is 6.03. The molecule has 0 aromatic heterocycles. The highest BCUT2D eigenvalue weighted by atomic mass is 16.5. The molecule has 1 heterocycles. The lowest BCUT2D eigenvalue weighted by Gasteiger charge is -2.24. The Morgan fingerprint density at radius 3 is 2.05 bits per heavy atom. The van der Waals surface area contributed by atoms with Gasteiger partial charge in [0, 0.05) is 39.9 Å². The molecule has 1 aliphatic rings. The summed E-state index contributed by atoms with van der Waals surface area (Å²) in [5, 5.41) is 3.44. The molecule has 0 radical (unpaired) electrons. The van der Waals surface area contributed by atoms with Gasteiger partial charge in [-0.15, -0.1) is 0 Å². The van der Waals surface area contributed by atoms with E-state index in [2.05, 4.69) is 42.3 Å². The number of hydrogen-bond acceptors (Lipinski definition) is 4. The standard InChI is InChI=1S/C17H28N2O2/c1-12-6-13(2)8-14(7-12)15(18-3)9-19-10-16(20-4)17(11-19)21-5/h6-8,15-18H,9-11H2,1-5H3. The summed E-state index contributed by atoms with van der Waals surface area (Å²) < 4.78 is 11.0. The summed E-state index contributed by atoms with van der Waals surface area (Å²) in [5.41, 5.74) is 3.98. The van der Waals surface area contributed by atoms with Gasteiger partial charge in [-0.05, 0) is 26.5 Å². The van der Waals surface area contributed by atoms with Crippen molar-refractivity contribution in [3.05, 3.63) is 34.9 Å². The third kappa shape index (κ3) is 4.04. The van der Waals surface area contributed by atoms with Gasteiger partial charge in [-0.1, -0.05) is 29.3 Å². The first kappa shape index (κ1) is 16.4. The summed E-state index contributed by atoms with van der Waals surface area (Å²) in [6.45, 7) is 7.14. The van der Waals surface area contributed by atoms with Crippen LogP contribution in [0.3, 0.4) is 0 Å². The van der Waals surface area contributed by atoms with Crippen molar-refractivity contribution in [2.24, 2.45) is 0 Å². The highest BCUT2D eigenvalue weighted by Gasteiger charge is 2.33. The Labute approximate surface area is 128 Å². The lowest BCUT2D eigenvalue weighted by Crippen LogP contribution is -2.33. The van der Waals surface area contributed by atoms with Gasteiger partial charge >= 0.3 is 0 Å². The molecule has 1 N–H and O–H groups in total. The van der Waals surface area contributed by atoms with Crippen LogP contribution in [0.2, 0.25) is 0 Å². The van der Waals surface area contributed by atoms with E-state index in [0.717, 1.165) is 19.6 Å². The lowest BCUT2D eigenvalue weighted by atomic mass is 10.0. The van der Waals surface area contributed by atoms with E-state index >= 15 is 0 Å². The van der Waals surface area contributed by atoms with Gasteiger partial charge < -0.3 is 14.8 Å². The SMILES string of the molecule is CNC(CN1CC(OC)C(OC)C1)c1cc(C)cc(C)c1. The van der Waals surface area contributed by atoms with E-state index in [0.29, 0.717) is 6.04 Å². The number of likely N-dealkylation sites (tertiary alicyclic amines) is 1. The third-order valence-corrected chi connectivity index (χ3v) is 4.33. The minimum absolute atomic E-state index is 0.173. The fourth-order valence-electron chi connectivity index (χ4n) is 3.25. The molecule has 1 aromatic rings. The Kier molecular flexibility index (Phi) is 5.76. The van der Waals surface area contributed by atoms with Crippen molar-refractivity contribution in [3.8, 4) is 0 Å². The Bertz CT molecular complexity index is 432. The molecule has 1 saturated heterocycles. The van der Waals surface area contributed by atoms with Gasteiger partial charge in [0.2, 0.25) is 0 Å². The molecule has 3 unspecified atom stereocenters. The first-order chi connectivity index (χ1) is 10.1. The van der Waals surface area contributed by atoms with Crippen LogP contribution in [0.1, 0.15) is 22.7 Å². The third-order valence-electron chi connectivity index (χ3n) is 4.33. The van der Waals surface area contributed by atoms with E-state index in [1.807, 2.05) is 7.05 Å². The monoisotopic (exact) mass is 292 g/mol. The van der Waals surface area contributed by atoms with Gasteiger partial charge in [-0.2, -0.15) is 0 Å². The van der Waals surface area contributed by atoms with Crippen LogP contribution in [0, 0.1) is 13.8 Å². The molecule has 3 atom stereocenters.